The zero-order valence-corrected chi connectivity index (χ0v) is 16.7. The first-order valence-electron chi connectivity index (χ1n) is 6.96. The van der Waals surface area contributed by atoms with E-state index in [1.165, 1.54) is 7.11 Å². The Bertz CT molecular complexity index is 516. The van der Waals surface area contributed by atoms with Crippen molar-refractivity contribution in [1.29, 1.82) is 0 Å². The van der Waals surface area contributed by atoms with Crippen molar-refractivity contribution in [2.75, 3.05) is 13.3 Å². The van der Waals surface area contributed by atoms with Crippen LogP contribution in [0.5, 0.6) is 5.75 Å². The molecule has 1 aromatic rings. The smallest absolute Gasteiger partial charge is 0.186 e. The zero-order valence-electron chi connectivity index (χ0n) is 14.2. The summed E-state index contributed by atoms with van der Waals surface area (Å²) in [5.41, 5.74) is 0.700. The van der Waals surface area contributed by atoms with Gasteiger partial charge in [-0.3, -0.25) is 4.79 Å². The van der Waals surface area contributed by atoms with E-state index in [1.54, 1.807) is 12.1 Å². The first kappa shape index (κ1) is 22.3. The number of ether oxygens (including phenoxy) is 1. The van der Waals surface area contributed by atoms with Crippen LogP contribution in [0.1, 0.15) is 44.5 Å². The topological polar surface area (TPSA) is 26.3 Å². The van der Waals surface area contributed by atoms with Gasteiger partial charge in [0.2, 0.25) is 0 Å². The molecule has 0 aliphatic heterocycles. The molecule has 119 valence electrons. The molecule has 2 nitrogen and oxygen atoms in total. The molecule has 0 spiro atoms. The van der Waals surface area contributed by atoms with Crippen molar-refractivity contribution in [3.63, 3.8) is 0 Å². The van der Waals surface area contributed by atoms with Gasteiger partial charge in [0, 0.05) is 18.9 Å². The third-order valence-corrected chi connectivity index (χ3v) is 5.15. The van der Waals surface area contributed by atoms with Crippen LogP contribution in [0, 0.1) is 11.3 Å². The molecule has 0 heterocycles. The van der Waals surface area contributed by atoms with Gasteiger partial charge in [-0.25, -0.2) is 0 Å². The van der Waals surface area contributed by atoms with Crippen molar-refractivity contribution in [3.05, 3.63) is 27.7 Å². The fraction of sp³-hybridized carbons (Fsp3) is 0.562. The Labute approximate surface area is 157 Å². The van der Waals surface area contributed by atoms with Crippen LogP contribution in [0.15, 0.2) is 12.1 Å². The van der Waals surface area contributed by atoms with Gasteiger partial charge < -0.3 is 4.74 Å². The SMILES string of the molecule is COc1c(Cl)ccc(Cl)c1C(=O)PCC(C)CC(C)(C)C.[Li]. The number of carbonyl (C=O) groups excluding carboxylic acids is 1. The Morgan fingerprint density at radius 3 is 2.32 bits per heavy atom. The Morgan fingerprint density at radius 1 is 1.27 bits per heavy atom. The molecule has 1 rings (SSSR count). The van der Waals surface area contributed by atoms with Gasteiger partial charge in [-0.15, -0.1) is 0 Å². The van der Waals surface area contributed by atoms with E-state index in [4.69, 9.17) is 27.9 Å². The fourth-order valence-electron chi connectivity index (χ4n) is 2.42. The van der Waals surface area contributed by atoms with Crippen LogP contribution in [0.4, 0.5) is 0 Å². The van der Waals surface area contributed by atoms with E-state index in [0.717, 1.165) is 12.6 Å². The number of benzene rings is 1. The fourth-order valence-corrected chi connectivity index (χ4v) is 4.07. The van der Waals surface area contributed by atoms with E-state index in [2.05, 4.69) is 27.7 Å². The van der Waals surface area contributed by atoms with Gasteiger partial charge in [-0.1, -0.05) is 50.9 Å². The number of hydrogen-bond donors (Lipinski definition) is 0. The van der Waals surface area contributed by atoms with Crippen molar-refractivity contribution >= 4 is 56.2 Å². The molecule has 1 aromatic carbocycles. The first-order valence-corrected chi connectivity index (χ1v) is 8.92. The molecular formula is C16H23Cl2LiO2P. The second kappa shape index (κ2) is 9.56. The molecule has 0 saturated carbocycles. The second-order valence-electron chi connectivity index (χ2n) is 6.52. The third-order valence-electron chi connectivity index (χ3n) is 3.06. The molecule has 22 heavy (non-hydrogen) atoms. The van der Waals surface area contributed by atoms with Gasteiger partial charge in [0.1, 0.15) is 5.75 Å². The van der Waals surface area contributed by atoms with Crippen LogP contribution in [-0.4, -0.2) is 37.7 Å². The van der Waals surface area contributed by atoms with E-state index in [1.807, 2.05) is 0 Å². The van der Waals surface area contributed by atoms with Crippen LogP contribution in [0.2, 0.25) is 10.0 Å². The summed E-state index contributed by atoms with van der Waals surface area (Å²) >= 11 is 12.2. The third kappa shape index (κ3) is 6.82. The molecule has 0 N–H and O–H groups in total. The molecule has 0 amide bonds. The molecule has 2 atom stereocenters. The minimum atomic E-state index is 0. The van der Waals surface area contributed by atoms with Gasteiger partial charge >= 0.3 is 0 Å². The van der Waals surface area contributed by atoms with Crippen LogP contribution in [-0.2, 0) is 0 Å². The average Bonchev–Trinajstić information content (AvgIpc) is 2.36. The van der Waals surface area contributed by atoms with Gasteiger partial charge in [-0.2, -0.15) is 0 Å². The molecule has 0 fully saturated rings. The van der Waals surface area contributed by atoms with E-state index < -0.39 is 0 Å². The summed E-state index contributed by atoms with van der Waals surface area (Å²) in [7, 11) is 1.68. The normalized spacial score (nSPS) is 13.0. The van der Waals surface area contributed by atoms with E-state index >= 15 is 0 Å². The van der Waals surface area contributed by atoms with E-state index in [-0.39, 0.29) is 38.4 Å². The summed E-state index contributed by atoms with van der Waals surface area (Å²) in [5.74, 6) is 0.876. The molecule has 0 bridgehead atoms. The Kier molecular flexibility index (Phi) is 9.69. The Balaban J connectivity index is 0.00000441. The molecule has 2 unspecified atom stereocenters. The molecule has 0 saturated heterocycles. The van der Waals surface area contributed by atoms with Crippen LogP contribution >= 0.6 is 31.8 Å². The van der Waals surface area contributed by atoms with Crippen LogP contribution in [0.3, 0.4) is 0 Å². The maximum atomic E-state index is 12.5. The maximum Gasteiger partial charge on any atom is 0.186 e. The summed E-state index contributed by atoms with van der Waals surface area (Å²) in [6.07, 6.45) is 1.95. The number of hydrogen-bond acceptors (Lipinski definition) is 2. The number of carbonyl (C=O) groups is 1. The van der Waals surface area contributed by atoms with Crippen molar-refractivity contribution < 1.29 is 9.53 Å². The summed E-state index contributed by atoms with van der Waals surface area (Å²) < 4.78 is 5.23. The predicted molar refractivity (Wildman–Crippen MR) is 99.5 cm³/mol. The van der Waals surface area contributed by atoms with Gasteiger partial charge in [0.25, 0.3) is 0 Å². The van der Waals surface area contributed by atoms with Crippen molar-refractivity contribution in [2.45, 2.75) is 34.1 Å². The van der Waals surface area contributed by atoms with E-state index in [0.29, 0.717) is 27.3 Å². The van der Waals surface area contributed by atoms with Crippen molar-refractivity contribution in [1.82, 2.24) is 0 Å². The molecule has 0 aliphatic carbocycles. The monoisotopic (exact) mass is 355 g/mol. The minimum Gasteiger partial charge on any atom is -0.494 e. The summed E-state index contributed by atoms with van der Waals surface area (Å²) in [4.78, 5) is 12.5. The van der Waals surface area contributed by atoms with Gasteiger partial charge in [0.05, 0.1) is 22.7 Å². The molecule has 6 heteroatoms. The minimum absolute atomic E-state index is 0. The second-order valence-corrected chi connectivity index (χ2v) is 8.55. The maximum absolute atomic E-state index is 12.5. The quantitative estimate of drug-likeness (QED) is 0.496. The summed E-state index contributed by atoms with van der Waals surface area (Å²) in [6.45, 7) is 8.82. The molecule has 1 radical (unpaired) electrons. The van der Waals surface area contributed by atoms with Crippen molar-refractivity contribution in [3.8, 4) is 5.75 Å². The van der Waals surface area contributed by atoms with Crippen LogP contribution in [0.25, 0.3) is 0 Å². The average molecular weight is 356 g/mol. The van der Waals surface area contributed by atoms with Gasteiger partial charge in [-0.05, 0) is 44.6 Å². The molecule has 0 aromatic heterocycles. The predicted octanol–water partition coefficient (Wildman–Crippen LogP) is 5.51. The van der Waals surface area contributed by atoms with E-state index in [9.17, 15) is 4.79 Å². The van der Waals surface area contributed by atoms with Crippen LogP contribution < -0.4 is 4.74 Å². The Hall–Kier alpha value is 0.297. The van der Waals surface area contributed by atoms with Gasteiger partial charge in [0.15, 0.2) is 5.52 Å². The zero-order chi connectivity index (χ0) is 16.2. The summed E-state index contributed by atoms with van der Waals surface area (Å²) in [6, 6.07) is 3.29. The van der Waals surface area contributed by atoms with Crippen molar-refractivity contribution in [2.24, 2.45) is 11.3 Å². The number of halogens is 2. The number of rotatable bonds is 6. The Morgan fingerprint density at radius 2 is 1.82 bits per heavy atom. The standard InChI is InChI=1S/C16H23Cl2O2P.Li/c1-10(8-16(2,3)4)9-21-15(19)13-11(17)6-7-12(18)14(13)20-5;/h6-7,10,21H,8-9H2,1-5H3;. The molecular weight excluding hydrogens is 333 g/mol. The number of methoxy groups -OCH3 is 1. The largest absolute Gasteiger partial charge is 0.494 e. The molecule has 0 aliphatic rings. The first-order chi connectivity index (χ1) is 9.65. The summed E-state index contributed by atoms with van der Waals surface area (Å²) in [5, 5.41) is 0.815.